The van der Waals surface area contributed by atoms with Crippen LogP contribution < -0.4 is 0 Å². The van der Waals surface area contributed by atoms with E-state index in [4.69, 9.17) is 10.2 Å². The second-order valence-corrected chi connectivity index (χ2v) is 4.46. The van der Waals surface area contributed by atoms with Gasteiger partial charge >= 0.3 is 0 Å². The third kappa shape index (κ3) is 1.54. The van der Waals surface area contributed by atoms with Crippen LogP contribution in [-0.4, -0.2) is 28.2 Å². The van der Waals surface area contributed by atoms with Crippen molar-refractivity contribution in [3.8, 4) is 0 Å². The number of thioether (sulfide) groups is 1. The zero-order chi connectivity index (χ0) is 7.61. The van der Waals surface area contributed by atoms with Gasteiger partial charge in [-0.2, -0.15) is 0 Å². The van der Waals surface area contributed by atoms with Gasteiger partial charge in [-0.05, 0) is 13.3 Å². The highest BCUT2D eigenvalue weighted by Crippen LogP contribution is 2.40. The van der Waals surface area contributed by atoms with Crippen LogP contribution in [0.1, 0.15) is 13.3 Å². The first-order valence-electron chi connectivity index (χ1n) is 3.30. The van der Waals surface area contributed by atoms with Crippen LogP contribution >= 0.6 is 11.8 Å². The molecule has 58 valence electrons. The van der Waals surface area contributed by atoms with E-state index in [2.05, 4.69) is 0 Å². The molecule has 0 aromatic rings. The molecule has 1 aliphatic heterocycles. The van der Waals surface area contributed by atoms with Crippen molar-refractivity contribution >= 4 is 11.8 Å². The molecule has 0 aromatic heterocycles. The number of aliphatic hydroxyl groups excluding tert-OH is 2. The maximum absolute atomic E-state index is 8.90. The van der Waals surface area contributed by atoms with Crippen molar-refractivity contribution in [1.82, 2.24) is 0 Å². The maximum atomic E-state index is 8.90. The van der Waals surface area contributed by atoms with E-state index in [0.717, 1.165) is 11.3 Å². The quantitative estimate of drug-likeness (QED) is 0.626. The van der Waals surface area contributed by atoms with Gasteiger partial charge in [-0.15, -0.1) is 11.8 Å². The van der Waals surface area contributed by atoms with E-state index in [9.17, 15) is 0 Å². The van der Waals surface area contributed by atoms with Crippen molar-refractivity contribution in [2.75, 3.05) is 13.2 Å². The SMILES string of the molecule is CC1(CO)CC=C(CO)S1. The molecule has 1 rings (SSSR count). The minimum Gasteiger partial charge on any atom is -0.395 e. The van der Waals surface area contributed by atoms with Gasteiger partial charge in [0.2, 0.25) is 0 Å². The second kappa shape index (κ2) is 2.95. The predicted molar refractivity (Wildman–Crippen MR) is 42.9 cm³/mol. The maximum Gasteiger partial charge on any atom is 0.0737 e. The molecule has 0 saturated heterocycles. The molecular weight excluding hydrogens is 148 g/mol. The molecule has 0 spiro atoms. The summed E-state index contributed by atoms with van der Waals surface area (Å²) in [5.41, 5.74) is 0. The van der Waals surface area contributed by atoms with E-state index in [1.54, 1.807) is 11.8 Å². The van der Waals surface area contributed by atoms with Crippen LogP contribution in [-0.2, 0) is 0 Å². The fourth-order valence-electron chi connectivity index (χ4n) is 0.923. The minimum absolute atomic E-state index is 0.0714. The number of hydrogen-bond acceptors (Lipinski definition) is 3. The van der Waals surface area contributed by atoms with Crippen molar-refractivity contribution in [3.05, 3.63) is 11.0 Å². The van der Waals surface area contributed by atoms with Gasteiger partial charge in [0.05, 0.1) is 13.2 Å². The summed E-state index contributed by atoms with van der Waals surface area (Å²) in [6, 6.07) is 0. The Morgan fingerprint density at radius 2 is 2.40 bits per heavy atom. The Kier molecular flexibility index (Phi) is 2.39. The normalized spacial score (nSPS) is 32.5. The zero-order valence-electron chi connectivity index (χ0n) is 6.00. The summed E-state index contributed by atoms with van der Waals surface area (Å²) in [5.74, 6) is 0. The Balaban J connectivity index is 2.49. The number of aliphatic hydroxyl groups is 2. The lowest BCUT2D eigenvalue weighted by Crippen LogP contribution is -2.21. The van der Waals surface area contributed by atoms with E-state index in [1.807, 2.05) is 13.0 Å². The summed E-state index contributed by atoms with van der Waals surface area (Å²) in [5, 5.41) is 17.6. The molecule has 10 heavy (non-hydrogen) atoms. The average molecular weight is 160 g/mol. The Labute approximate surface area is 64.9 Å². The third-order valence-corrected chi connectivity index (χ3v) is 2.98. The van der Waals surface area contributed by atoms with Crippen molar-refractivity contribution in [3.63, 3.8) is 0 Å². The number of rotatable bonds is 2. The van der Waals surface area contributed by atoms with Crippen molar-refractivity contribution in [1.29, 1.82) is 0 Å². The first kappa shape index (κ1) is 8.11. The summed E-state index contributed by atoms with van der Waals surface area (Å²) in [6.45, 7) is 2.29. The summed E-state index contributed by atoms with van der Waals surface area (Å²) in [7, 11) is 0. The summed E-state index contributed by atoms with van der Waals surface area (Å²) in [6.07, 6.45) is 2.85. The molecule has 0 amide bonds. The van der Waals surface area contributed by atoms with Gasteiger partial charge in [0, 0.05) is 9.65 Å². The lowest BCUT2D eigenvalue weighted by atomic mass is 10.1. The van der Waals surface area contributed by atoms with E-state index in [0.29, 0.717) is 0 Å². The lowest BCUT2D eigenvalue weighted by Gasteiger charge is -2.19. The molecule has 1 aliphatic rings. The van der Waals surface area contributed by atoms with Crippen molar-refractivity contribution in [2.24, 2.45) is 0 Å². The van der Waals surface area contributed by atoms with Crippen LogP contribution in [0.5, 0.6) is 0 Å². The fraction of sp³-hybridized carbons (Fsp3) is 0.714. The molecule has 1 atom stereocenters. The highest BCUT2D eigenvalue weighted by atomic mass is 32.2. The van der Waals surface area contributed by atoms with E-state index in [1.165, 1.54) is 0 Å². The van der Waals surface area contributed by atoms with Crippen LogP contribution in [0.3, 0.4) is 0 Å². The molecular formula is C7H12O2S. The van der Waals surface area contributed by atoms with Gasteiger partial charge in [0.25, 0.3) is 0 Å². The molecule has 3 heteroatoms. The Morgan fingerprint density at radius 3 is 2.70 bits per heavy atom. The largest absolute Gasteiger partial charge is 0.395 e. The molecule has 1 unspecified atom stereocenters. The van der Waals surface area contributed by atoms with Crippen molar-refractivity contribution in [2.45, 2.75) is 18.1 Å². The van der Waals surface area contributed by atoms with Crippen molar-refractivity contribution < 1.29 is 10.2 Å². The summed E-state index contributed by atoms with van der Waals surface area (Å²) in [4.78, 5) is 0.983. The minimum atomic E-state index is -0.0714. The van der Waals surface area contributed by atoms with E-state index >= 15 is 0 Å². The second-order valence-electron chi connectivity index (χ2n) is 2.74. The molecule has 2 nitrogen and oxygen atoms in total. The van der Waals surface area contributed by atoms with Crippen LogP contribution in [0, 0.1) is 0 Å². The molecule has 0 fully saturated rings. The standard InChI is InChI=1S/C7H12O2S/c1-7(5-9)3-2-6(4-8)10-7/h2,8-9H,3-5H2,1H3. The Hall–Kier alpha value is 0.01000. The van der Waals surface area contributed by atoms with Gasteiger partial charge in [-0.25, -0.2) is 0 Å². The molecule has 0 saturated carbocycles. The molecule has 0 bridgehead atoms. The van der Waals surface area contributed by atoms with E-state index < -0.39 is 0 Å². The highest BCUT2D eigenvalue weighted by molar-refractivity contribution is 8.04. The molecule has 0 radical (unpaired) electrons. The third-order valence-electron chi connectivity index (χ3n) is 1.63. The summed E-state index contributed by atoms with van der Waals surface area (Å²) >= 11 is 1.57. The highest BCUT2D eigenvalue weighted by Gasteiger charge is 2.29. The van der Waals surface area contributed by atoms with Gasteiger partial charge in [0.1, 0.15) is 0 Å². The molecule has 1 heterocycles. The molecule has 2 N–H and O–H groups in total. The first-order valence-corrected chi connectivity index (χ1v) is 4.11. The zero-order valence-corrected chi connectivity index (χ0v) is 6.82. The smallest absolute Gasteiger partial charge is 0.0737 e. The van der Waals surface area contributed by atoms with E-state index in [-0.39, 0.29) is 18.0 Å². The monoisotopic (exact) mass is 160 g/mol. The van der Waals surface area contributed by atoms with Crippen LogP contribution in [0.15, 0.2) is 11.0 Å². The molecule has 0 aromatic carbocycles. The van der Waals surface area contributed by atoms with Gasteiger partial charge in [-0.1, -0.05) is 6.08 Å². The fourth-order valence-corrected chi connectivity index (χ4v) is 2.02. The van der Waals surface area contributed by atoms with Crippen LogP contribution in [0.4, 0.5) is 0 Å². The Morgan fingerprint density at radius 1 is 1.70 bits per heavy atom. The van der Waals surface area contributed by atoms with Gasteiger partial charge in [0.15, 0.2) is 0 Å². The average Bonchev–Trinajstić information content (AvgIpc) is 2.33. The van der Waals surface area contributed by atoms with Gasteiger partial charge < -0.3 is 10.2 Å². The van der Waals surface area contributed by atoms with Crippen LogP contribution in [0.2, 0.25) is 0 Å². The Bertz CT molecular complexity index is 156. The topological polar surface area (TPSA) is 40.5 Å². The number of allylic oxidation sites excluding steroid dienone is 1. The predicted octanol–water partition coefficient (Wildman–Crippen LogP) is 0.750. The number of hydrogen-bond donors (Lipinski definition) is 2. The molecule has 0 aliphatic carbocycles. The van der Waals surface area contributed by atoms with Crippen LogP contribution in [0.25, 0.3) is 0 Å². The lowest BCUT2D eigenvalue weighted by molar-refractivity contribution is 0.258. The van der Waals surface area contributed by atoms with Gasteiger partial charge in [-0.3, -0.25) is 0 Å². The summed E-state index contributed by atoms with van der Waals surface area (Å²) < 4.78 is -0.0714. The first-order chi connectivity index (χ1) is 4.70.